The largest absolute Gasteiger partial charge is 0.496 e. The van der Waals surface area contributed by atoms with Crippen molar-refractivity contribution < 1.29 is 26.3 Å². The van der Waals surface area contributed by atoms with Crippen LogP contribution in [-0.4, -0.2) is 66.7 Å². The monoisotopic (exact) mass is 544 g/mol. The Morgan fingerprint density at radius 3 is 2.47 bits per heavy atom. The van der Waals surface area contributed by atoms with Crippen LogP contribution in [0.15, 0.2) is 55.0 Å². The van der Waals surface area contributed by atoms with E-state index in [4.69, 9.17) is 4.74 Å². The third kappa shape index (κ3) is 5.39. The van der Waals surface area contributed by atoms with Crippen molar-refractivity contribution in [3.63, 3.8) is 0 Å². The molecule has 5 rings (SSSR count). The number of aromatic nitrogens is 3. The summed E-state index contributed by atoms with van der Waals surface area (Å²) in [5.74, 6) is 0.418. The van der Waals surface area contributed by atoms with Gasteiger partial charge in [0.2, 0.25) is 0 Å². The van der Waals surface area contributed by atoms with E-state index in [0.29, 0.717) is 29.1 Å². The summed E-state index contributed by atoms with van der Waals surface area (Å²) >= 11 is 0. The molecule has 0 saturated heterocycles. The number of sulfone groups is 1. The first-order valence-corrected chi connectivity index (χ1v) is 14.2. The topological polar surface area (TPSA) is 76.8 Å². The Balaban J connectivity index is 1.59. The van der Waals surface area contributed by atoms with Gasteiger partial charge in [0.25, 0.3) is 0 Å². The van der Waals surface area contributed by atoms with Crippen LogP contribution >= 0.6 is 0 Å². The summed E-state index contributed by atoms with van der Waals surface area (Å²) in [5, 5.41) is 4.19. The van der Waals surface area contributed by atoms with Crippen LogP contribution in [0.4, 0.5) is 13.2 Å². The van der Waals surface area contributed by atoms with E-state index in [1.807, 2.05) is 18.2 Å². The molecule has 0 N–H and O–H groups in total. The zero-order chi connectivity index (χ0) is 27.1. The van der Waals surface area contributed by atoms with E-state index in [2.05, 4.69) is 21.0 Å². The van der Waals surface area contributed by atoms with Crippen LogP contribution in [0.2, 0.25) is 0 Å². The van der Waals surface area contributed by atoms with E-state index in [1.54, 1.807) is 6.20 Å². The SMILES string of the molecule is COc1ccc(C(F)(F)F)cc1-c1c(-c2ccc3c(c2)CCN(CCS(C)(=O)=O)CC3)ccn2ncnc12. The molecular formula is C27H27F3N4O3S. The maximum Gasteiger partial charge on any atom is 0.416 e. The average molecular weight is 545 g/mol. The van der Waals surface area contributed by atoms with Crippen molar-refractivity contribution in [1.29, 1.82) is 0 Å². The molecule has 7 nitrogen and oxygen atoms in total. The van der Waals surface area contributed by atoms with Crippen molar-refractivity contribution >= 4 is 15.5 Å². The minimum absolute atomic E-state index is 0.120. The molecule has 0 saturated carbocycles. The molecule has 2 aromatic heterocycles. The second-order valence-corrected chi connectivity index (χ2v) is 11.8. The molecule has 2 aromatic carbocycles. The van der Waals surface area contributed by atoms with Crippen LogP contribution in [-0.2, 0) is 28.9 Å². The number of pyridine rings is 1. The van der Waals surface area contributed by atoms with Gasteiger partial charge in [-0.25, -0.2) is 17.9 Å². The molecule has 0 atom stereocenters. The lowest BCUT2D eigenvalue weighted by atomic mass is 9.91. The van der Waals surface area contributed by atoms with Gasteiger partial charge in [-0.15, -0.1) is 0 Å². The summed E-state index contributed by atoms with van der Waals surface area (Å²) in [6.45, 7) is 1.98. The minimum Gasteiger partial charge on any atom is -0.496 e. The van der Waals surface area contributed by atoms with Crippen molar-refractivity contribution in [2.75, 3.05) is 38.8 Å². The van der Waals surface area contributed by atoms with E-state index >= 15 is 0 Å². The van der Waals surface area contributed by atoms with E-state index < -0.39 is 21.6 Å². The number of hydrogen-bond acceptors (Lipinski definition) is 6. The Kier molecular flexibility index (Phi) is 6.91. The third-order valence-corrected chi connectivity index (χ3v) is 7.86. The third-order valence-electron chi connectivity index (χ3n) is 6.93. The fourth-order valence-corrected chi connectivity index (χ4v) is 5.52. The molecule has 0 bridgehead atoms. The number of halogens is 3. The predicted octanol–water partition coefficient (Wildman–Crippen LogP) is 4.54. The van der Waals surface area contributed by atoms with Gasteiger partial charge >= 0.3 is 6.18 Å². The molecule has 0 fully saturated rings. The number of ether oxygens (including phenoxy) is 1. The summed E-state index contributed by atoms with van der Waals surface area (Å²) in [6.07, 6.45) is 1.35. The van der Waals surface area contributed by atoms with Gasteiger partial charge in [-0.3, -0.25) is 0 Å². The number of fused-ring (bicyclic) bond motifs is 2. The summed E-state index contributed by atoms with van der Waals surface area (Å²) in [5.41, 5.74) is 4.27. The highest BCUT2D eigenvalue weighted by molar-refractivity contribution is 7.90. The van der Waals surface area contributed by atoms with Gasteiger partial charge in [0.05, 0.1) is 18.4 Å². The van der Waals surface area contributed by atoms with Crippen LogP contribution in [0.1, 0.15) is 16.7 Å². The van der Waals surface area contributed by atoms with Crippen molar-refractivity contribution in [3.05, 3.63) is 71.7 Å². The zero-order valence-electron chi connectivity index (χ0n) is 21.0. The summed E-state index contributed by atoms with van der Waals surface area (Å²) in [4.78, 5) is 6.52. The maximum atomic E-state index is 13.7. The lowest BCUT2D eigenvalue weighted by Crippen LogP contribution is -2.31. The van der Waals surface area contributed by atoms with Crippen LogP contribution < -0.4 is 4.74 Å². The molecule has 3 heterocycles. The number of nitrogens with zero attached hydrogens (tertiary/aromatic N) is 4. The second-order valence-electron chi connectivity index (χ2n) is 9.50. The smallest absolute Gasteiger partial charge is 0.416 e. The van der Waals surface area contributed by atoms with Crippen molar-refractivity contribution in [2.24, 2.45) is 0 Å². The first-order chi connectivity index (χ1) is 18.0. The van der Waals surface area contributed by atoms with E-state index in [9.17, 15) is 21.6 Å². The summed E-state index contributed by atoms with van der Waals surface area (Å²) in [6, 6.07) is 11.3. The quantitative estimate of drug-likeness (QED) is 0.355. The van der Waals surface area contributed by atoms with E-state index in [-0.39, 0.29) is 11.3 Å². The Morgan fingerprint density at radius 1 is 1.00 bits per heavy atom. The molecule has 0 unspecified atom stereocenters. The van der Waals surface area contributed by atoms with Gasteiger partial charge in [0.15, 0.2) is 5.65 Å². The lowest BCUT2D eigenvalue weighted by molar-refractivity contribution is -0.137. The maximum absolute atomic E-state index is 13.7. The minimum atomic E-state index is -4.52. The molecule has 200 valence electrons. The second kappa shape index (κ2) is 10.0. The van der Waals surface area contributed by atoms with Crippen LogP contribution in [0.25, 0.3) is 27.9 Å². The lowest BCUT2D eigenvalue weighted by Gasteiger charge is -2.18. The van der Waals surface area contributed by atoms with Crippen LogP contribution in [0, 0.1) is 0 Å². The highest BCUT2D eigenvalue weighted by Crippen LogP contribution is 2.43. The first kappa shape index (κ1) is 26.2. The van der Waals surface area contributed by atoms with E-state index in [1.165, 1.54) is 35.8 Å². The molecule has 0 radical (unpaired) electrons. The molecule has 4 aromatic rings. The van der Waals surface area contributed by atoms with Gasteiger partial charge in [0, 0.05) is 43.2 Å². The highest BCUT2D eigenvalue weighted by Gasteiger charge is 2.32. The number of benzene rings is 2. The van der Waals surface area contributed by atoms with Crippen molar-refractivity contribution in [2.45, 2.75) is 19.0 Å². The number of methoxy groups -OCH3 is 1. The fraction of sp³-hybridized carbons (Fsp3) is 0.333. The number of alkyl halides is 3. The highest BCUT2D eigenvalue weighted by atomic mass is 32.2. The molecule has 0 aliphatic carbocycles. The number of hydrogen-bond donors (Lipinski definition) is 0. The predicted molar refractivity (Wildman–Crippen MR) is 139 cm³/mol. The standard InChI is InChI=1S/C27H27F3N4O3S/c1-37-24-6-5-21(27(28,29)30)16-23(24)25-22(9-12-34-26(25)31-17-32-34)20-4-3-18-7-10-33(11-8-19(18)15-20)13-14-38(2,35)36/h3-6,9,12,15-17H,7-8,10-11,13-14H2,1-2H3. The van der Waals surface area contributed by atoms with Gasteiger partial charge in [0.1, 0.15) is 21.9 Å². The average Bonchev–Trinajstić information content (AvgIpc) is 3.26. The molecule has 11 heteroatoms. The molecule has 0 amide bonds. The van der Waals surface area contributed by atoms with Gasteiger partial charge in [-0.2, -0.15) is 18.3 Å². The van der Waals surface area contributed by atoms with Gasteiger partial charge in [-0.05, 0) is 59.4 Å². The molecule has 1 aliphatic heterocycles. The molecular weight excluding hydrogens is 517 g/mol. The van der Waals surface area contributed by atoms with Crippen molar-refractivity contribution in [1.82, 2.24) is 19.5 Å². The van der Waals surface area contributed by atoms with Gasteiger partial charge in [-0.1, -0.05) is 18.2 Å². The summed E-state index contributed by atoms with van der Waals surface area (Å²) < 4.78 is 71.2. The van der Waals surface area contributed by atoms with Crippen molar-refractivity contribution in [3.8, 4) is 28.0 Å². The Morgan fingerprint density at radius 2 is 1.76 bits per heavy atom. The normalized spacial score (nSPS) is 14.9. The van der Waals surface area contributed by atoms with Gasteiger partial charge < -0.3 is 9.64 Å². The Bertz CT molecular complexity index is 1600. The summed E-state index contributed by atoms with van der Waals surface area (Å²) in [7, 11) is -1.62. The Labute approximate surface area is 218 Å². The number of rotatable bonds is 6. The van der Waals surface area contributed by atoms with E-state index in [0.717, 1.165) is 49.2 Å². The molecule has 1 aliphatic rings. The first-order valence-electron chi connectivity index (χ1n) is 12.1. The van der Waals surface area contributed by atoms with Crippen LogP contribution in [0.3, 0.4) is 0 Å². The van der Waals surface area contributed by atoms with Crippen LogP contribution in [0.5, 0.6) is 5.75 Å². The fourth-order valence-electron chi connectivity index (χ4n) is 4.93. The zero-order valence-corrected chi connectivity index (χ0v) is 21.8. The Hall–Kier alpha value is -3.44. The molecule has 38 heavy (non-hydrogen) atoms. The molecule has 0 spiro atoms.